The molecule has 0 aromatic heterocycles. The number of halogens is 2. The predicted octanol–water partition coefficient (Wildman–Crippen LogP) is 3.09. The smallest absolute Gasteiger partial charge is 0.399 e. The Bertz CT molecular complexity index is 472. The summed E-state index contributed by atoms with van der Waals surface area (Å²) in [5.74, 6) is -0.463. The van der Waals surface area contributed by atoms with E-state index in [9.17, 15) is 4.39 Å². The summed E-state index contributed by atoms with van der Waals surface area (Å²) in [4.78, 5) is 0. The van der Waals surface area contributed by atoms with E-state index in [-0.39, 0.29) is 5.02 Å². The van der Waals surface area contributed by atoms with Crippen LogP contribution in [0.3, 0.4) is 0 Å². The Labute approximate surface area is 113 Å². The lowest BCUT2D eigenvalue weighted by atomic mass is 9.76. The van der Waals surface area contributed by atoms with Crippen LogP contribution in [0.1, 0.15) is 33.3 Å². The van der Waals surface area contributed by atoms with Crippen molar-refractivity contribution in [1.82, 2.24) is 0 Å². The maximum Gasteiger partial charge on any atom is 0.498 e. The van der Waals surface area contributed by atoms with E-state index in [1.165, 1.54) is 0 Å². The molecule has 1 aromatic rings. The number of rotatable bonds is 1. The maximum absolute atomic E-state index is 14.1. The Morgan fingerprint density at radius 1 is 1.11 bits per heavy atom. The van der Waals surface area contributed by atoms with Crippen LogP contribution in [-0.4, -0.2) is 18.3 Å². The fourth-order valence-corrected chi connectivity index (χ4v) is 2.08. The molecule has 0 bridgehead atoms. The Balaban J connectivity index is 2.44. The molecule has 1 fully saturated rings. The van der Waals surface area contributed by atoms with Crippen molar-refractivity contribution in [3.8, 4) is 0 Å². The van der Waals surface area contributed by atoms with Crippen LogP contribution in [0.25, 0.3) is 0 Å². The van der Waals surface area contributed by atoms with E-state index in [1.54, 1.807) is 12.1 Å². The van der Waals surface area contributed by atoms with Gasteiger partial charge in [-0.3, -0.25) is 0 Å². The van der Waals surface area contributed by atoms with E-state index < -0.39 is 24.1 Å². The van der Waals surface area contributed by atoms with Crippen LogP contribution in [0.4, 0.5) is 4.39 Å². The zero-order valence-corrected chi connectivity index (χ0v) is 12.1. The first-order valence-electron chi connectivity index (χ1n) is 5.96. The van der Waals surface area contributed by atoms with Crippen molar-refractivity contribution in [2.45, 2.75) is 45.8 Å². The SMILES string of the molecule is Cc1ccc(Cl)c(F)c1B1OC(C)(C)C(C)(C)O1. The van der Waals surface area contributed by atoms with Crippen LogP contribution in [0.5, 0.6) is 0 Å². The summed E-state index contributed by atoms with van der Waals surface area (Å²) in [7, 11) is -0.714. The van der Waals surface area contributed by atoms with Crippen LogP contribution >= 0.6 is 11.6 Å². The number of benzene rings is 1. The molecule has 2 rings (SSSR count). The molecular weight excluding hydrogens is 253 g/mol. The highest BCUT2D eigenvalue weighted by Crippen LogP contribution is 2.37. The van der Waals surface area contributed by atoms with Crippen LogP contribution in [0, 0.1) is 12.7 Å². The Kier molecular flexibility index (Phi) is 3.25. The van der Waals surface area contributed by atoms with Crippen molar-refractivity contribution in [3.05, 3.63) is 28.5 Å². The first kappa shape index (κ1) is 13.8. The minimum Gasteiger partial charge on any atom is -0.399 e. The number of hydrogen-bond acceptors (Lipinski definition) is 2. The van der Waals surface area contributed by atoms with Crippen LogP contribution in [0.2, 0.25) is 5.02 Å². The van der Waals surface area contributed by atoms with Gasteiger partial charge in [-0.2, -0.15) is 0 Å². The molecule has 1 heterocycles. The fraction of sp³-hybridized carbons (Fsp3) is 0.538. The Morgan fingerprint density at radius 3 is 2.11 bits per heavy atom. The van der Waals surface area contributed by atoms with Crippen molar-refractivity contribution >= 4 is 24.2 Å². The van der Waals surface area contributed by atoms with E-state index in [0.717, 1.165) is 5.56 Å². The average Bonchev–Trinajstić information content (AvgIpc) is 2.43. The normalized spacial score (nSPS) is 21.4. The molecule has 1 aliphatic heterocycles. The second kappa shape index (κ2) is 4.22. The highest BCUT2D eigenvalue weighted by molar-refractivity contribution is 6.63. The van der Waals surface area contributed by atoms with Gasteiger partial charge < -0.3 is 9.31 Å². The molecule has 0 aliphatic carbocycles. The molecule has 1 aliphatic rings. The quantitative estimate of drug-likeness (QED) is 0.730. The molecule has 0 N–H and O–H groups in total. The van der Waals surface area contributed by atoms with Gasteiger partial charge in [0.05, 0.1) is 16.2 Å². The average molecular weight is 271 g/mol. The second-order valence-corrected chi connectivity index (χ2v) is 6.09. The van der Waals surface area contributed by atoms with Gasteiger partial charge >= 0.3 is 7.12 Å². The minimum atomic E-state index is -0.714. The molecule has 0 saturated carbocycles. The zero-order valence-electron chi connectivity index (χ0n) is 11.3. The summed E-state index contributed by atoms with van der Waals surface area (Å²) >= 11 is 5.82. The van der Waals surface area contributed by atoms with Crippen molar-refractivity contribution in [2.75, 3.05) is 0 Å². The molecule has 5 heteroatoms. The van der Waals surface area contributed by atoms with Gasteiger partial charge in [-0.05, 0) is 46.2 Å². The zero-order chi connectivity index (χ0) is 13.7. The lowest BCUT2D eigenvalue weighted by Gasteiger charge is -2.32. The second-order valence-electron chi connectivity index (χ2n) is 5.68. The van der Waals surface area contributed by atoms with E-state index in [0.29, 0.717) is 5.46 Å². The van der Waals surface area contributed by atoms with E-state index in [4.69, 9.17) is 20.9 Å². The summed E-state index contributed by atoms with van der Waals surface area (Å²) < 4.78 is 25.8. The standard InChI is InChI=1S/C13H17BClFO2/c1-8-6-7-9(15)11(16)10(8)14-17-12(2,3)13(4,5)18-14/h6-7H,1-5H3. The third-order valence-corrected chi connectivity index (χ3v) is 4.13. The van der Waals surface area contributed by atoms with Gasteiger partial charge in [0.15, 0.2) is 0 Å². The third kappa shape index (κ3) is 2.06. The summed E-state index contributed by atoms with van der Waals surface area (Å²) in [6, 6.07) is 3.31. The van der Waals surface area contributed by atoms with Gasteiger partial charge in [0, 0.05) is 5.46 Å². The lowest BCUT2D eigenvalue weighted by Crippen LogP contribution is -2.41. The molecule has 0 radical (unpaired) electrons. The first-order chi connectivity index (χ1) is 8.16. The molecule has 1 saturated heterocycles. The third-order valence-electron chi connectivity index (χ3n) is 3.84. The van der Waals surface area contributed by atoms with Crippen molar-refractivity contribution in [2.24, 2.45) is 0 Å². The maximum atomic E-state index is 14.1. The van der Waals surface area contributed by atoms with Crippen LogP contribution in [0.15, 0.2) is 12.1 Å². The van der Waals surface area contributed by atoms with Crippen LogP contribution < -0.4 is 5.46 Å². The molecule has 0 atom stereocenters. The molecule has 1 aromatic carbocycles. The van der Waals surface area contributed by atoms with Gasteiger partial charge in [0.25, 0.3) is 0 Å². The first-order valence-corrected chi connectivity index (χ1v) is 6.33. The molecular formula is C13H17BClFO2. The summed E-state index contributed by atoms with van der Waals surface area (Å²) in [5, 5.41) is 0.0883. The topological polar surface area (TPSA) is 18.5 Å². The van der Waals surface area contributed by atoms with Crippen LogP contribution in [-0.2, 0) is 9.31 Å². The fourth-order valence-electron chi connectivity index (χ4n) is 1.91. The molecule has 98 valence electrons. The molecule has 18 heavy (non-hydrogen) atoms. The van der Waals surface area contributed by atoms with Gasteiger partial charge in [-0.25, -0.2) is 4.39 Å². The highest BCUT2D eigenvalue weighted by atomic mass is 35.5. The molecule has 0 amide bonds. The summed E-state index contributed by atoms with van der Waals surface area (Å²) in [5.41, 5.74) is 0.189. The van der Waals surface area contributed by atoms with Crippen molar-refractivity contribution < 1.29 is 13.7 Å². The molecule has 2 nitrogen and oxygen atoms in total. The number of hydrogen-bond donors (Lipinski definition) is 0. The van der Waals surface area contributed by atoms with Crippen molar-refractivity contribution in [1.29, 1.82) is 0 Å². The molecule has 0 unspecified atom stereocenters. The Morgan fingerprint density at radius 2 is 1.61 bits per heavy atom. The Hall–Kier alpha value is -0.575. The minimum absolute atomic E-state index is 0.0883. The molecule has 0 spiro atoms. The van der Waals surface area contributed by atoms with Gasteiger partial charge in [0.2, 0.25) is 0 Å². The predicted molar refractivity (Wildman–Crippen MR) is 71.9 cm³/mol. The summed E-state index contributed by atoms with van der Waals surface area (Å²) in [6.07, 6.45) is 0. The largest absolute Gasteiger partial charge is 0.498 e. The monoisotopic (exact) mass is 270 g/mol. The van der Waals surface area contributed by atoms with Crippen molar-refractivity contribution in [3.63, 3.8) is 0 Å². The van der Waals surface area contributed by atoms with E-state index in [2.05, 4.69) is 0 Å². The van der Waals surface area contributed by atoms with Gasteiger partial charge in [-0.1, -0.05) is 17.7 Å². The lowest BCUT2D eigenvalue weighted by molar-refractivity contribution is 0.00578. The van der Waals surface area contributed by atoms with E-state index >= 15 is 0 Å². The van der Waals surface area contributed by atoms with Gasteiger partial charge in [-0.15, -0.1) is 0 Å². The van der Waals surface area contributed by atoms with E-state index in [1.807, 2.05) is 34.6 Å². The number of aryl methyl sites for hydroxylation is 1. The highest BCUT2D eigenvalue weighted by Gasteiger charge is 2.52. The summed E-state index contributed by atoms with van der Waals surface area (Å²) in [6.45, 7) is 9.56. The van der Waals surface area contributed by atoms with Gasteiger partial charge in [0.1, 0.15) is 5.82 Å².